The summed E-state index contributed by atoms with van der Waals surface area (Å²) in [5.41, 5.74) is 9.03. The van der Waals surface area contributed by atoms with Crippen LogP contribution in [0.5, 0.6) is 0 Å². The molecule has 4 nitrogen and oxygen atoms in total. The van der Waals surface area contributed by atoms with Crippen LogP contribution in [0.4, 0.5) is 11.5 Å². The van der Waals surface area contributed by atoms with Crippen molar-refractivity contribution in [3.05, 3.63) is 54.6 Å². The third kappa shape index (κ3) is 2.59. The Labute approximate surface area is 141 Å². The first kappa shape index (κ1) is 15.0. The van der Waals surface area contributed by atoms with Gasteiger partial charge in [-0.1, -0.05) is 54.6 Å². The van der Waals surface area contributed by atoms with Gasteiger partial charge in [-0.25, -0.2) is 4.98 Å². The Morgan fingerprint density at radius 3 is 2.25 bits per heavy atom. The lowest BCUT2D eigenvalue weighted by molar-refractivity contribution is 0.145. The molecule has 0 atom stereocenters. The third-order valence-corrected chi connectivity index (χ3v) is 4.74. The number of aliphatic hydroxyl groups is 1. The van der Waals surface area contributed by atoms with Crippen LogP contribution in [0.2, 0.25) is 0 Å². The molecule has 0 unspecified atom stereocenters. The SMILES string of the molecule is Nc1c(-c2ccccc2)nc(N2CCC(O)CC2)c2ccccc12. The summed E-state index contributed by atoms with van der Waals surface area (Å²) in [6.07, 6.45) is 1.36. The van der Waals surface area contributed by atoms with Crippen LogP contribution in [0.3, 0.4) is 0 Å². The molecule has 24 heavy (non-hydrogen) atoms. The molecule has 4 heteroatoms. The molecule has 122 valence electrons. The van der Waals surface area contributed by atoms with Crippen LogP contribution in [0.15, 0.2) is 54.6 Å². The van der Waals surface area contributed by atoms with Crippen LogP contribution in [0, 0.1) is 0 Å². The molecule has 0 spiro atoms. The van der Waals surface area contributed by atoms with Gasteiger partial charge in [-0.15, -0.1) is 0 Å². The van der Waals surface area contributed by atoms with E-state index in [1.807, 2.05) is 42.5 Å². The lowest BCUT2D eigenvalue weighted by Gasteiger charge is -2.32. The maximum absolute atomic E-state index is 9.80. The van der Waals surface area contributed by atoms with E-state index in [-0.39, 0.29) is 6.10 Å². The minimum absolute atomic E-state index is 0.199. The largest absolute Gasteiger partial charge is 0.396 e. The molecule has 1 aliphatic rings. The average molecular weight is 319 g/mol. The highest BCUT2D eigenvalue weighted by Gasteiger charge is 2.22. The van der Waals surface area contributed by atoms with E-state index in [9.17, 15) is 5.11 Å². The number of hydrogen-bond acceptors (Lipinski definition) is 4. The normalized spacial score (nSPS) is 15.8. The fourth-order valence-electron chi connectivity index (χ4n) is 3.40. The number of fused-ring (bicyclic) bond motifs is 1. The number of anilines is 2. The smallest absolute Gasteiger partial charge is 0.137 e. The molecule has 1 aliphatic heterocycles. The van der Waals surface area contributed by atoms with Crippen molar-refractivity contribution in [3.8, 4) is 11.3 Å². The number of rotatable bonds is 2. The molecule has 0 bridgehead atoms. The molecule has 0 amide bonds. The van der Waals surface area contributed by atoms with Crippen molar-refractivity contribution in [1.82, 2.24) is 4.98 Å². The van der Waals surface area contributed by atoms with E-state index in [1.165, 1.54) is 0 Å². The molecule has 1 aromatic heterocycles. The number of nitrogen functional groups attached to an aromatic ring is 1. The highest BCUT2D eigenvalue weighted by Crippen LogP contribution is 2.36. The molecule has 2 aromatic carbocycles. The number of nitrogens with zero attached hydrogens (tertiary/aromatic N) is 2. The van der Waals surface area contributed by atoms with E-state index in [1.54, 1.807) is 0 Å². The Hall–Kier alpha value is -2.59. The second-order valence-corrected chi connectivity index (χ2v) is 6.33. The van der Waals surface area contributed by atoms with Gasteiger partial charge in [0.1, 0.15) is 5.82 Å². The number of benzene rings is 2. The van der Waals surface area contributed by atoms with Crippen LogP contribution in [-0.4, -0.2) is 29.3 Å². The van der Waals surface area contributed by atoms with Crippen molar-refractivity contribution in [2.75, 3.05) is 23.7 Å². The summed E-state index contributed by atoms with van der Waals surface area (Å²) in [6, 6.07) is 18.2. The first-order valence-electron chi connectivity index (χ1n) is 8.40. The molecule has 0 saturated carbocycles. The Morgan fingerprint density at radius 1 is 0.917 bits per heavy atom. The lowest BCUT2D eigenvalue weighted by Crippen LogP contribution is -2.36. The van der Waals surface area contributed by atoms with Crippen molar-refractivity contribution in [3.63, 3.8) is 0 Å². The van der Waals surface area contributed by atoms with Gasteiger partial charge in [0.15, 0.2) is 0 Å². The number of piperidine rings is 1. The lowest BCUT2D eigenvalue weighted by atomic mass is 10.0. The molecule has 4 rings (SSSR count). The molecule has 0 radical (unpaired) electrons. The Morgan fingerprint density at radius 2 is 1.54 bits per heavy atom. The Kier molecular flexibility index (Phi) is 3.82. The van der Waals surface area contributed by atoms with Crippen molar-refractivity contribution in [2.45, 2.75) is 18.9 Å². The fourth-order valence-corrected chi connectivity index (χ4v) is 3.40. The fraction of sp³-hybridized carbons (Fsp3) is 0.250. The quantitative estimate of drug-likeness (QED) is 0.759. The number of pyridine rings is 1. The van der Waals surface area contributed by atoms with E-state index >= 15 is 0 Å². The van der Waals surface area contributed by atoms with Gasteiger partial charge >= 0.3 is 0 Å². The van der Waals surface area contributed by atoms with Gasteiger partial charge in [-0.05, 0) is 12.8 Å². The first-order valence-corrected chi connectivity index (χ1v) is 8.40. The van der Waals surface area contributed by atoms with E-state index in [4.69, 9.17) is 10.7 Å². The number of aromatic nitrogens is 1. The minimum Gasteiger partial charge on any atom is -0.396 e. The van der Waals surface area contributed by atoms with Gasteiger partial charge in [0, 0.05) is 29.4 Å². The van der Waals surface area contributed by atoms with Gasteiger partial charge in [0.05, 0.1) is 17.5 Å². The monoisotopic (exact) mass is 319 g/mol. The van der Waals surface area contributed by atoms with Crippen LogP contribution >= 0.6 is 0 Å². The molecular weight excluding hydrogens is 298 g/mol. The van der Waals surface area contributed by atoms with Gasteiger partial charge in [0.2, 0.25) is 0 Å². The average Bonchev–Trinajstić information content (AvgIpc) is 2.64. The van der Waals surface area contributed by atoms with Crippen molar-refractivity contribution in [1.29, 1.82) is 0 Å². The standard InChI is InChI=1S/C20H21N3O/c21-18-16-8-4-5-9-17(16)20(23-12-10-15(24)11-13-23)22-19(18)14-6-2-1-3-7-14/h1-9,15,24H,10-13,21H2. The first-order chi connectivity index (χ1) is 11.7. The predicted octanol–water partition coefficient (Wildman–Crippen LogP) is 3.45. The van der Waals surface area contributed by atoms with Gasteiger partial charge in [-0.2, -0.15) is 0 Å². The van der Waals surface area contributed by atoms with E-state index in [0.29, 0.717) is 0 Å². The number of hydrogen-bond donors (Lipinski definition) is 2. The van der Waals surface area contributed by atoms with Crippen LogP contribution in [0.25, 0.3) is 22.0 Å². The second kappa shape index (κ2) is 6.13. The van der Waals surface area contributed by atoms with Crippen molar-refractivity contribution < 1.29 is 5.11 Å². The molecule has 1 saturated heterocycles. The molecule has 1 fully saturated rings. The molecule has 3 aromatic rings. The molecular formula is C20H21N3O. The van der Waals surface area contributed by atoms with Crippen LogP contribution in [0.1, 0.15) is 12.8 Å². The summed E-state index contributed by atoms with van der Waals surface area (Å²) in [4.78, 5) is 7.20. The number of aliphatic hydroxyl groups excluding tert-OH is 1. The summed E-state index contributed by atoms with van der Waals surface area (Å²) in [7, 11) is 0. The Bertz CT molecular complexity index is 855. The second-order valence-electron chi connectivity index (χ2n) is 6.33. The third-order valence-electron chi connectivity index (χ3n) is 4.74. The zero-order valence-corrected chi connectivity index (χ0v) is 13.5. The minimum atomic E-state index is -0.199. The summed E-state index contributed by atoms with van der Waals surface area (Å²) < 4.78 is 0. The van der Waals surface area contributed by atoms with E-state index < -0.39 is 0 Å². The highest BCUT2D eigenvalue weighted by molar-refractivity contribution is 6.04. The number of nitrogens with two attached hydrogens (primary N) is 1. The Balaban J connectivity index is 1.90. The van der Waals surface area contributed by atoms with E-state index in [0.717, 1.165) is 59.5 Å². The van der Waals surface area contributed by atoms with Crippen molar-refractivity contribution in [2.24, 2.45) is 0 Å². The van der Waals surface area contributed by atoms with Gasteiger partial charge in [0.25, 0.3) is 0 Å². The highest BCUT2D eigenvalue weighted by atomic mass is 16.3. The summed E-state index contributed by atoms with van der Waals surface area (Å²) in [6.45, 7) is 1.63. The van der Waals surface area contributed by atoms with Crippen molar-refractivity contribution >= 4 is 22.3 Å². The maximum Gasteiger partial charge on any atom is 0.137 e. The summed E-state index contributed by atoms with van der Waals surface area (Å²) in [5, 5.41) is 11.9. The predicted molar refractivity (Wildman–Crippen MR) is 99.0 cm³/mol. The summed E-state index contributed by atoms with van der Waals surface area (Å²) >= 11 is 0. The van der Waals surface area contributed by atoms with Crippen LogP contribution in [-0.2, 0) is 0 Å². The van der Waals surface area contributed by atoms with Crippen LogP contribution < -0.4 is 10.6 Å². The zero-order valence-electron chi connectivity index (χ0n) is 13.5. The van der Waals surface area contributed by atoms with E-state index in [2.05, 4.69) is 17.0 Å². The summed E-state index contributed by atoms with van der Waals surface area (Å²) in [5.74, 6) is 0.963. The maximum atomic E-state index is 9.80. The topological polar surface area (TPSA) is 62.4 Å². The zero-order chi connectivity index (χ0) is 16.5. The molecule has 0 aliphatic carbocycles. The van der Waals surface area contributed by atoms with Gasteiger partial charge < -0.3 is 15.7 Å². The molecule has 3 N–H and O–H groups in total. The van der Waals surface area contributed by atoms with Gasteiger partial charge in [-0.3, -0.25) is 0 Å². The molecule has 2 heterocycles.